The first-order chi connectivity index (χ1) is 12.2. The summed E-state index contributed by atoms with van der Waals surface area (Å²) in [6, 6.07) is 6.07. The Balaban J connectivity index is 1.79. The third-order valence-corrected chi connectivity index (χ3v) is 4.01. The molecular weight excluding hydrogens is 353 g/mol. The monoisotopic (exact) mass is 374 g/mol. The third-order valence-electron chi connectivity index (χ3n) is 4.01. The summed E-state index contributed by atoms with van der Waals surface area (Å²) in [5.41, 5.74) is 0.611. The van der Waals surface area contributed by atoms with Gasteiger partial charge in [-0.3, -0.25) is 14.5 Å². The van der Waals surface area contributed by atoms with Crippen LogP contribution in [-0.4, -0.2) is 54.3 Å². The highest BCUT2D eigenvalue weighted by Crippen LogP contribution is 2.19. The van der Waals surface area contributed by atoms with Gasteiger partial charge in [0.1, 0.15) is 5.75 Å². The average Bonchev–Trinajstić information content (AvgIpc) is 2.58. The number of halogens is 3. The number of rotatable bonds is 7. The van der Waals surface area contributed by atoms with Gasteiger partial charge in [0.2, 0.25) is 5.91 Å². The molecular formula is C17H21F3N2O4. The highest BCUT2D eigenvalue weighted by molar-refractivity contribution is 5.78. The number of piperidine rings is 1. The molecule has 1 aromatic rings. The predicted molar refractivity (Wildman–Crippen MR) is 86.6 cm³/mol. The van der Waals surface area contributed by atoms with Gasteiger partial charge < -0.3 is 15.2 Å². The van der Waals surface area contributed by atoms with Gasteiger partial charge in [-0.1, -0.05) is 12.1 Å². The minimum absolute atomic E-state index is 0.0782. The SMILES string of the molecule is O=C(CN1CCCC(C(=O)O)C1)NCc1cccc(OCC(F)(F)F)c1. The van der Waals surface area contributed by atoms with E-state index < -0.39 is 24.7 Å². The number of benzene rings is 1. The van der Waals surface area contributed by atoms with E-state index in [0.717, 1.165) is 6.42 Å². The van der Waals surface area contributed by atoms with Gasteiger partial charge in [-0.15, -0.1) is 0 Å². The third kappa shape index (κ3) is 6.91. The van der Waals surface area contributed by atoms with Crippen molar-refractivity contribution in [1.82, 2.24) is 10.2 Å². The number of nitrogens with one attached hydrogen (secondary N) is 1. The quantitative estimate of drug-likeness (QED) is 0.764. The maximum absolute atomic E-state index is 12.2. The molecule has 144 valence electrons. The van der Waals surface area contributed by atoms with Crippen LogP contribution < -0.4 is 10.1 Å². The van der Waals surface area contributed by atoms with Crippen LogP contribution in [0, 0.1) is 5.92 Å². The van der Waals surface area contributed by atoms with Crippen LogP contribution in [0.15, 0.2) is 24.3 Å². The topological polar surface area (TPSA) is 78.9 Å². The minimum atomic E-state index is -4.41. The summed E-state index contributed by atoms with van der Waals surface area (Å²) in [6.45, 7) is -0.129. The Kier molecular flexibility index (Phi) is 6.84. The zero-order valence-corrected chi connectivity index (χ0v) is 14.1. The summed E-state index contributed by atoms with van der Waals surface area (Å²) < 4.78 is 41.2. The molecule has 0 bridgehead atoms. The van der Waals surface area contributed by atoms with E-state index in [1.54, 1.807) is 17.0 Å². The van der Waals surface area contributed by atoms with Crippen molar-refractivity contribution < 1.29 is 32.6 Å². The second-order valence-corrected chi connectivity index (χ2v) is 6.24. The molecule has 1 amide bonds. The summed E-state index contributed by atoms with van der Waals surface area (Å²) in [5.74, 6) is -1.50. The molecule has 0 saturated carbocycles. The summed E-state index contributed by atoms with van der Waals surface area (Å²) in [5, 5.41) is 11.7. The number of hydrogen-bond acceptors (Lipinski definition) is 4. The number of alkyl halides is 3. The van der Waals surface area contributed by atoms with Gasteiger partial charge in [0.15, 0.2) is 6.61 Å². The average molecular weight is 374 g/mol. The molecule has 0 aliphatic carbocycles. The second kappa shape index (κ2) is 8.88. The van der Waals surface area contributed by atoms with Gasteiger partial charge in [0.25, 0.3) is 0 Å². The van der Waals surface area contributed by atoms with Crippen molar-refractivity contribution in [3.05, 3.63) is 29.8 Å². The number of ether oxygens (including phenoxy) is 1. The highest BCUT2D eigenvalue weighted by Gasteiger charge is 2.28. The van der Waals surface area contributed by atoms with Gasteiger partial charge in [-0.2, -0.15) is 13.2 Å². The molecule has 1 unspecified atom stereocenters. The Morgan fingerprint density at radius 1 is 1.35 bits per heavy atom. The molecule has 6 nitrogen and oxygen atoms in total. The molecule has 1 fully saturated rings. The Labute approximate surface area is 148 Å². The first-order valence-electron chi connectivity index (χ1n) is 8.23. The largest absolute Gasteiger partial charge is 0.484 e. The lowest BCUT2D eigenvalue weighted by Gasteiger charge is -2.29. The van der Waals surface area contributed by atoms with Gasteiger partial charge >= 0.3 is 12.1 Å². The molecule has 1 aliphatic heterocycles. The van der Waals surface area contributed by atoms with E-state index in [1.807, 2.05) is 0 Å². The number of hydrogen-bond donors (Lipinski definition) is 2. The molecule has 2 rings (SSSR count). The van der Waals surface area contributed by atoms with Gasteiger partial charge in [-0.25, -0.2) is 0 Å². The Morgan fingerprint density at radius 3 is 2.81 bits per heavy atom. The van der Waals surface area contributed by atoms with E-state index in [-0.39, 0.29) is 24.7 Å². The van der Waals surface area contributed by atoms with Crippen LogP contribution in [0.3, 0.4) is 0 Å². The van der Waals surface area contributed by atoms with Crippen LogP contribution in [0.25, 0.3) is 0 Å². The van der Waals surface area contributed by atoms with Crippen molar-refractivity contribution in [3.63, 3.8) is 0 Å². The number of carbonyl (C=O) groups is 2. The predicted octanol–water partition coefficient (Wildman–Crippen LogP) is 2.04. The minimum Gasteiger partial charge on any atom is -0.484 e. The lowest BCUT2D eigenvalue weighted by Crippen LogP contribution is -2.44. The first-order valence-corrected chi connectivity index (χ1v) is 8.23. The van der Waals surface area contributed by atoms with Crippen molar-refractivity contribution in [2.45, 2.75) is 25.6 Å². The summed E-state index contributed by atoms with van der Waals surface area (Å²) in [4.78, 5) is 24.8. The molecule has 0 radical (unpaired) electrons. The van der Waals surface area contributed by atoms with E-state index >= 15 is 0 Å². The van der Waals surface area contributed by atoms with Gasteiger partial charge in [0.05, 0.1) is 12.5 Å². The summed E-state index contributed by atoms with van der Waals surface area (Å²) >= 11 is 0. The van der Waals surface area contributed by atoms with Crippen LogP contribution in [0.4, 0.5) is 13.2 Å². The zero-order chi connectivity index (χ0) is 19.2. The number of carboxylic acid groups (broad SMARTS) is 1. The van der Waals surface area contributed by atoms with E-state index in [2.05, 4.69) is 10.1 Å². The number of likely N-dealkylation sites (tertiary alicyclic amines) is 1. The maximum Gasteiger partial charge on any atom is 0.422 e. The number of aliphatic carboxylic acids is 1. The lowest BCUT2D eigenvalue weighted by molar-refractivity contribution is -0.153. The maximum atomic E-state index is 12.2. The van der Waals surface area contributed by atoms with Crippen LogP contribution in [0.5, 0.6) is 5.75 Å². The van der Waals surface area contributed by atoms with E-state index in [0.29, 0.717) is 25.1 Å². The van der Waals surface area contributed by atoms with E-state index in [1.165, 1.54) is 12.1 Å². The lowest BCUT2D eigenvalue weighted by atomic mass is 9.98. The van der Waals surface area contributed by atoms with Crippen LogP contribution >= 0.6 is 0 Å². The standard InChI is InChI=1S/C17H21F3N2O4/c18-17(19,20)11-26-14-5-1-3-12(7-14)8-21-15(23)10-22-6-2-4-13(9-22)16(24)25/h1,3,5,7,13H,2,4,6,8-11H2,(H,21,23)(H,24,25). The first kappa shape index (κ1) is 20.0. The van der Waals surface area contributed by atoms with Crippen molar-refractivity contribution in [3.8, 4) is 5.75 Å². The fourth-order valence-corrected chi connectivity index (χ4v) is 2.77. The molecule has 1 saturated heterocycles. The Bertz CT molecular complexity index is 637. The van der Waals surface area contributed by atoms with Crippen molar-refractivity contribution in [2.24, 2.45) is 5.92 Å². The zero-order valence-electron chi connectivity index (χ0n) is 14.1. The number of nitrogens with zero attached hydrogens (tertiary/aromatic N) is 1. The number of amides is 1. The fourth-order valence-electron chi connectivity index (χ4n) is 2.77. The number of carboxylic acids is 1. The van der Waals surface area contributed by atoms with Gasteiger partial charge in [-0.05, 0) is 37.1 Å². The van der Waals surface area contributed by atoms with Crippen LogP contribution in [0.1, 0.15) is 18.4 Å². The second-order valence-electron chi connectivity index (χ2n) is 6.24. The highest BCUT2D eigenvalue weighted by atomic mass is 19.4. The molecule has 26 heavy (non-hydrogen) atoms. The molecule has 1 atom stereocenters. The number of carbonyl (C=O) groups excluding carboxylic acids is 1. The fraction of sp³-hybridized carbons (Fsp3) is 0.529. The van der Waals surface area contributed by atoms with Crippen molar-refractivity contribution in [1.29, 1.82) is 0 Å². The smallest absolute Gasteiger partial charge is 0.422 e. The van der Waals surface area contributed by atoms with E-state index in [9.17, 15) is 22.8 Å². The van der Waals surface area contributed by atoms with Gasteiger partial charge in [0, 0.05) is 13.1 Å². The summed E-state index contributed by atoms with van der Waals surface area (Å²) in [7, 11) is 0. The van der Waals surface area contributed by atoms with Crippen molar-refractivity contribution >= 4 is 11.9 Å². The molecule has 2 N–H and O–H groups in total. The molecule has 1 aromatic carbocycles. The summed E-state index contributed by atoms with van der Waals surface area (Å²) in [6.07, 6.45) is -3.08. The normalized spacial score (nSPS) is 18.3. The van der Waals surface area contributed by atoms with Crippen molar-refractivity contribution in [2.75, 3.05) is 26.2 Å². The molecule has 9 heteroatoms. The molecule has 1 heterocycles. The van der Waals surface area contributed by atoms with Crippen LogP contribution in [0.2, 0.25) is 0 Å². The molecule has 0 aromatic heterocycles. The molecule has 1 aliphatic rings. The Hall–Kier alpha value is -2.29. The van der Waals surface area contributed by atoms with Crippen LogP contribution in [-0.2, 0) is 16.1 Å². The van der Waals surface area contributed by atoms with E-state index in [4.69, 9.17) is 5.11 Å². The molecule has 0 spiro atoms. The Morgan fingerprint density at radius 2 is 2.12 bits per heavy atom.